The van der Waals surface area contributed by atoms with Gasteiger partial charge in [0.1, 0.15) is 11.6 Å². The first-order chi connectivity index (χ1) is 10.1. The van der Waals surface area contributed by atoms with Gasteiger partial charge in [-0.2, -0.15) is 0 Å². The average Bonchev–Trinajstić information content (AvgIpc) is 2.80. The van der Waals surface area contributed by atoms with Crippen LogP contribution in [0.3, 0.4) is 0 Å². The smallest absolute Gasteiger partial charge is 0.224 e. The summed E-state index contributed by atoms with van der Waals surface area (Å²) in [6.07, 6.45) is 0.699. The first-order valence-electron chi connectivity index (χ1n) is 7.22. The molecular weight excluding hydrogens is 266 g/mol. The van der Waals surface area contributed by atoms with Crippen molar-refractivity contribution in [2.45, 2.75) is 39.3 Å². The normalized spacial score (nSPS) is 14.6. The highest BCUT2D eigenvalue weighted by atomic mass is 16.3. The SMILES string of the molecule is CC(C)NC(=O)CC1=C(O)CCn2c1nc1ccccc12. The molecule has 0 spiro atoms. The highest BCUT2D eigenvalue weighted by Gasteiger charge is 2.24. The van der Waals surface area contributed by atoms with E-state index < -0.39 is 0 Å². The zero-order chi connectivity index (χ0) is 15.0. The van der Waals surface area contributed by atoms with Gasteiger partial charge in [0.2, 0.25) is 5.91 Å². The lowest BCUT2D eigenvalue weighted by Crippen LogP contribution is -2.30. The second-order valence-corrected chi connectivity index (χ2v) is 5.65. The van der Waals surface area contributed by atoms with Crippen LogP contribution < -0.4 is 5.32 Å². The van der Waals surface area contributed by atoms with Gasteiger partial charge >= 0.3 is 0 Å². The monoisotopic (exact) mass is 285 g/mol. The lowest BCUT2D eigenvalue weighted by molar-refractivity contribution is -0.120. The van der Waals surface area contributed by atoms with Gasteiger partial charge in [0, 0.05) is 24.6 Å². The van der Waals surface area contributed by atoms with Crippen LogP contribution in [0.5, 0.6) is 0 Å². The molecule has 1 amide bonds. The number of aryl methyl sites for hydroxylation is 1. The minimum Gasteiger partial charge on any atom is -0.512 e. The summed E-state index contributed by atoms with van der Waals surface area (Å²) in [4.78, 5) is 16.6. The summed E-state index contributed by atoms with van der Waals surface area (Å²) < 4.78 is 2.08. The molecule has 1 aromatic carbocycles. The Morgan fingerprint density at radius 2 is 2.19 bits per heavy atom. The zero-order valence-electron chi connectivity index (χ0n) is 12.3. The van der Waals surface area contributed by atoms with Crippen molar-refractivity contribution in [1.82, 2.24) is 14.9 Å². The van der Waals surface area contributed by atoms with E-state index in [1.165, 1.54) is 0 Å². The average molecular weight is 285 g/mol. The van der Waals surface area contributed by atoms with E-state index in [4.69, 9.17) is 0 Å². The third kappa shape index (κ3) is 2.51. The number of nitrogens with zero attached hydrogens (tertiary/aromatic N) is 2. The van der Waals surface area contributed by atoms with Gasteiger partial charge in [-0.15, -0.1) is 0 Å². The molecule has 2 aromatic rings. The summed E-state index contributed by atoms with van der Waals surface area (Å²) in [6, 6.07) is 7.96. The fourth-order valence-corrected chi connectivity index (χ4v) is 2.74. The number of allylic oxidation sites excluding steroid dienone is 1. The Bertz CT molecular complexity index is 728. The van der Waals surface area contributed by atoms with Crippen LogP contribution in [0.4, 0.5) is 0 Å². The standard InChI is InChI=1S/C16H19N3O2/c1-10(2)17-15(21)9-11-14(20)7-8-19-13-6-4-3-5-12(13)18-16(11)19/h3-6,10,20H,7-9H2,1-2H3,(H,17,21). The van der Waals surface area contributed by atoms with E-state index in [9.17, 15) is 9.90 Å². The summed E-state index contributed by atoms with van der Waals surface area (Å²) in [6.45, 7) is 4.53. The third-order valence-corrected chi connectivity index (χ3v) is 3.63. The molecule has 1 aromatic heterocycles. The highest BCUT2D eigenvalue weighted by Crippen LogP contribution is 2.31. The van der Waals surface area contributed by atoms with Crippen LogP contribution in [-0.2, 0) is 11.3 Å². The van der Waals surface area contributed by atoms with Gasteiger partial charge in [-0.25, -0.2) is 4.98 Å². The molecule has 2 heterocycles. The fraction of sp³-hybridized carbons (Fsp3) is 0.375. The first kappa shape index (κ1) is 13.7. The van der Waals surface area contributed by atoms with Gasteiger partial charge in [-0.3, -0.25) is 4.79 Å². The third-order valence-electron chi connectivity index (χ3n) is 3.63. The second kappa shape index (κ2) is 5.24. The largest absolute Gasteiger partial charge is 0.512 e. The van der Waals surface area contributed by atoms with Gasteiger partial charge in [0.05, 0.1) is 17.5 Å². The van der Waals surface area contributed by atoms with Crippen LogP contribution in [0.2, 0.25) is 0 Å². The maximum Gasteiger partial charge on any atom is 0.224 e. The number of carbonyl (C=O) groups is 1. The first-order valence-corrected chi connectivity index (χ1v) is 7.22. The summed E-state index contributed by atoms with van der Waals surface area (Å²) in [5, 5.41) is 13.0. The Kier molecular flexibility index (Phi) is 3.41. The minimum atomic E-state index is -0.0907. The molecule has 21 heavy (non-hydrogen) atoms. The van der Waals surface area contributed by atoms with Crippen LogP contribution in [0.25, 0.3) is 16.6 Å². The maximum absolute atomic E-state index is 12.0. The summed E-state index contributed by atoms with van der Waals surface area (Å²) >= 11 is 0. The molecule has 0 atom stereocenters. The molecule has 0 bridgehead atoms. The van der Waals surface area contributed by atoms with Crippen LogP contribution in [0, 0.1) is 0 Å². The molecule has 5 heteroatoms. The van der Waals surface area contributed by atoms with Crippen molar-refractivity contribution in [2.75, 3.05) is 0 Å². The predicted molar refractivity (Wildman–Crippen MR) is 81.8 cm³/mol. The van der Waals surface area contributed by atoms with Crippen molar-refractivity contribution < 1.29 is 9.90 Å². The number of fused-ring (bicyclic) bond motifs is 3. The van der Waals surface area contributed by atoms with E-state index >= 15 is 0 Å². The number of amides is 1. The van der Waals surface area contributed by atoms with Crippen LogP contribution in [0.15, 0.2) is 30.0 Å². The number of rotatable bonds is 3. The molecule has 0 saturated carbocycles. The maximum atomic E-state index is 12.0. The van der Waals surface area contributed by atoms with Gasteiger partial charge in [-0.05, 0) is 26.0 Å². The lowest BCUT2D eigenvalue weighted by atomic mass is 10.0. The summed E-state index contributed by atoms with van der Waals surface area (Å²) in [7, 11) is 0. The molecule has 5 nitrogen and oxygen atoms in total. The zero-order valence-corrected chi connectivity index (χ0v) is 12.3. The number of aromatic nitrogens is 2. The number of hydrogen-bond donors (Lipinski definition) is 2. The Morgan fingerprint density at radius 3 is 2.95 bits per heavy atom. The second-order valence-electron chi connectivity index (χ2n) is 5.65. The number of nitrogens with one attached hydrogen (secondary N) is 1. The number of imidazole rings is 1. The molecule has 110 valence electrons. The predicted octanol–water partition coefficient (Wildman–Crippen LogP) is 2.62. The van der Waals surface area contributed by atoms with E-state index in [2.05, 4.69) is 14.9 Å². The van der Waals surface area contributed by atoms with E-state index in [1.807, 2.05) is 38.1 Å². The summed E-state index contributed by atoms with van der Waals surface area (Å²) in [5.41, 5.74) is 2.57. The minimum absolute atomic E-state index is 0.0858. The number of hydrogen-bond acceptors (Lipinski definition) is 3. The van der Waals surface area contributed by atoms with Gasteiger partial charge in [-0.1, -0.05) is 12.1 Å². The van der Waals surface area contributed by atoms with Crippen molar-refractivity contribution in [3.05, 3.63) is 35.8 Å². The van der Waals surface area contributed by atoms with E-state index in [1.54, 1.807) is 0 Å². The van der Waals surface area contributed by atoms with Crippen LogP contribution in [0.1, 0.15) is 32.5 Å². The molecule has 0 aliphatic carbocycles. The molecule has 0 saturated heterocycles. The van der Waals surface area contributed by atoms with Gasteiger partial charge in [0.15, 0.2) is 0 Å². The van der Waals surface area contributed by atoms with Crippen molar-refractivity contribution in [1.29, 1.82) is 0 Å². The lowest BCUT2D eigenvalue weighted by Gasteiger charge is -2.19. The molecule has 0 unspecified atom stereocenters. The van der Waals surface area contributed by atoms with Crippen LogP contribution >= 0.6 is 0 Å². The Labute approximate surface area is 123 Å². The van der Waals surface area contributed by atoms with Crippen LogP contribution in [-0.4, -0.2) is 26.6 Å². The van der Waals surface area contributed by atoms with E-state index in [-0.39, 0.29) is 24.1 Å². The molecule has 3 rings (SSSR count). The van der Waals surface area contributed by atoms with Crippen molar-refractivity contribution in [2.24, 2.45) is 0 Å². The number of para-hydroxylation sites is 2. The fourth-order valence-electron chi connectivity index (χ4n) is 2.74. The van der Waals surface area contributed by atoms with Crippen molar-refractivity contribution in [3.63, 3.8) is 0 Å². The molecule has 0 fully saturated rings. The molecule has 0 radical (unpaired) electrons. The number of carbonyl (C=O) groups excluding carboxylic acids is 1. The molecule has 1 aliphatic rings. The number of aliphatic hydroxyl groups is 1. The molecule has 1 aliphatic heterocycles. The Morgan fingerprint density at radius 1 is 1.43 bits per heavy atom. The topological polar surface area (TPSA) is 67.2 Å². The number of aliphatic hydroxyl groups excluding tert-OH is 1. The highest BCUT2D eigenvalue weighted by molar-refractivity contribution is 5.90. The van der Waals surface area contributed by atoms with Gasteiger partial charge in [0.25, 0.3) is 0 Å². The molecular formula is C16H19N3O2. The summed E-state index contributed by atoms with van der Waals surface area (Å²) in [5.74, 6) is 0.891. The Hall–Kier alpha value is -2.30. The van der Waals surface area contributed by atoms with E-state index in [0.717, 1.165) is 11.0 Å². The van der Waals surface area contributed by atoms with Crippen molar-refractivity contribution >= 4 is 22.5 Å². The van der Waals surface area contributed by atoms with Crippen molar-refractivity contribution in [3.8, 4) is 0 Å². The van der Waals surface area contributed by atoms with Gasteiger partial charge < -0.3 is 15.0 Å². The molecule has 2 N–H and O–H groups in total. The Balaban J connectivity index is 1.99. The quantitative estimate of drug-likeness (QED) is 0.911. The number of benzene rings is 1. The van der Waals surface area contributed by atoms with E-state index in [0.29, 0.717) is 24.4 Å².